The molecule has 3 rings (SSSR count). The summed E-state index contributed by atoms with van der Waals surface area (Å²) in [5.41, 5.74) is 0.495. The molecule has 1 aromatic heterocycles. The third-order valence-corrected chi connectivity index (χ3v) is 5.93. The molecule has 0 aromatic carbocycles. The van der Waals surface area contributed by atoms with Crippen molar-refractivity contribution in [3.63, 3.8) is 0 Å². The second-order valence-electron chi connectivity index (χ2n) is 7.86. The Labute approximate surface area is 174 Å². The van der Waals surface area contributed by atoms with Crippen LogP contribution in [0.15, 0.2) is 12.1 Å². The topological polar surface area (TPSA) is 64.1 Å². The largest absolute Gasteiger partial charge is 0.481 e. The van der Waals surface area contributed by atoms with Gasteiger partial charge >= 0.3 is 0 Å². The van der Waals surface area contributed by atoms with Crippen molar-refractivity contribution < 1.29 is 19.0 Å². The molecule has 0 saturated carbocycles. The summed E-state index contributed by atoms with van der Waals surface area (Å²) in [6.45, 7) is 5.57. The normalized spacial score (nSPS) is 18.8. The minimum Gasteiger partial charge on any atom is -0.481 e. The van der Waals surface area contributed by atoms with Crippen LogP contribution in [0.4, 0.5) is 0 Å². The van der Waals surface area contributed by atoms with Crippen LogP contribution in [0, 0.1) is 0 Å². The molecule has 29 heavy (non-hydrogen) atoms. The van der Waals surface area contributed by atoms with Crippen LogP contribution in [0.5, 0.6) is 11.8 Å². The van der Waals surface area contributed by atoms with E-state index in [4.69, 9.17) is 14.2 Å². The van der Waals surface area contributed by atoms with Gasteiger partial charge in [0.2, 0.25) is 11.8 Å². The van der Waals surface area contributed by atoms with E-state index in [-0.39, 0.29) is 11.9 Å². The minimum atomic E-state index is -0.0141. The van der Waals surface area contributed by atoms with Crippen molar-refractivity contribution >= 4 is 5.91 Å². The predicted molar refractivity (Wildman–Crippen MR) is 112 cm³/mol. The Kier molecular flexibility index (Phi) is 8.55. The van der Waals surface area contributed by atoms with Gasteiger partial charge in [0.05, 0.1) is 14.2 Å². The molecule has 0 N–H and O–H groups in total. The van der Waals surface area contributed by atoms with Crippen LogP contribution in [0.3, 0.4) is 0 Å². The number of carbonyl (C=O) groups excluding carboxylic acids is 1. The molecule has 0 unspecified atom stereocenters. The van der Waals surface area contributed by atoms with Gasteiger partial charge in [-0.05, 0) is 57.8 Å². The van der Waals surface area contributed by atoms with Crippen LogP contribution < -0.4 is 9.47 Å². The summed E-state index contributed by atoms with van der Waals surface area (Å²) in [7, 11) is 3.09. The first kappa shape index (κ1) is 21.8. The fourth-order valence-corrected chi connectivity index (χ4v) is 4.28. The standard InChI is InChI=1S/C22H35N3O4/c1-27-20-9-8-19(21(23-20)28-2)22(26)25(18-10-16-29-17-11-18)15-7-14-24-12-5-3-4-6-13-24/h8-9,18H,3-7,10-17H2,1-2H3. The molecule has 2 aliphatic rings. The lowest BCUT2D eigenvalue weighted by Gasteiger charge is -2.35. The monoisotopic (exact) mass is 405 g/mol. The fraction of sp³-hybridized carbons (Fsp3) is 0.727. The predicted octanol–water partition coefficient (Wildman–Crippen LogP) is 2.99. The van der Waals surface area contributed by atoms with Crippen LogP contribution >= 0.6 is 0 Å². The van der Waals surface area contributed by atoms with Crippen molar-refractivity contribution in [2.75, 3.05) is 53.6 Å². The smallest absolute Gasteiger partial charge is 0.259 e. The van der Waals surface area contributed by atoms with Crippen molar-refractivity contribution in [3.8, 4) is 11.8 Å². The van der Waals surface area contributed by atoms with Gasteiger partial charge < -0.3 is 24.0 Å². The number of aromatic nitrogens is 1. The zero-order valence-electron chi connectivity index (χ0n) is 17.9. The molecule has 0 aliphatic carbocycles. The first-order valence-electron chi connectivity index (χ1n) is 10.9. The first-order valence-corrected chi connectivity index (χ1v) is 10.9. The maximum atomic E-state index is 13.5. The maximum Gasteiger partial charge on any atom is 0.259 e. The average molecular weight is 406 g/mol. The number of rotatable bonds is 8. The molecule has 7 nitrogen and oxygen atoms in total. The summed E-state index contributed by atoms with van der Waals surface area (Å²) < 4.78 is 16.1. The van der Waals surface area contributed by atoms with Gasteiger partial charge in [0, 0.05) is 31.9 Å². The highest BCUT2D eigenvalue weighted by atomic mass is 16.5. The molecule has 7 heteroatoms. The molecule has 1 amide bonds. The molecular weight excluding hydrogens is 370 g/mol. The molecule has 0 radical (unpaired) electrons. The maximum absolute atomic E-state index is 13.5. The molecule has 0 spiro atoms. The van der Waals surface area contributed by atoms with Crippen molar-refractivity contribution in [1.29, 1.82) is 0 Å². The lowest BCUT2D eigenvalue weighted by atomic mass is 10.0. The number of methoxy groups -OCH3 is 2. The van der Waals surface area contributed by atoms with Gasteiger partial charge in [0.1, 0.15) is 5.56 Å². The summed E-state index contributed by atoms with van der Waals surface area (Å²) in [5.74, 6) is 0.746. The third-order valence-electron chi connectivity index (χ3n) is 5.93. The van der Waals surface area contributed by atoms with Crippen LogP contribution in [0.1, 0.15) is 55.3 Å². The molecule has 2 aliphatic heterocycles. The van der Waals surface area contributed by atoms with Crippen molar-refractivity contribution in [1.82, 2.24) is 14.8 Å². The zero-order chi connectivity index (χ0) is 20.5. The SMILES string of the molecule is COc1ccc(C(=O)N(CCCN2CCCCCC2)C2CCOCC2)c(OC)n1. The van der Waals surface area contributed by atoms with Gasteiger partial charge in [0.15, 0.2) is 0 Å². The minimum absolute atomic E-state index is 0.0141. The van der Waals surface area contributed by atoms with Crippen LogP contribution in [0.2, 0.25) is 0 Å². The number of likely N-dealkylation sites (tertiary alicyclic amines) is 1. The highest BCUT2D eigenvalue weighted by Crippen LogP contribution is 2.25. The van der Waals surface area contributed by atoms with E-state index >= 15 is 0 Å². The van der Waals surface area contributed by atoms with Gasteiger partial charge in [-0.3, -0.25) is 4.79 Å². The molecule has 2 saturated heterocycles. The summed E-state index contributed by atoms with van der Waals surface area (Å²) >= 11 is 0. The molecule has 0 atom stereocenters. The van der Waals surface area contributed by atoms with Crippen LogP contribution in [0.25, 0.3) is 0 Å². The fourth-order valence-electron chi connectivity index (χ4n) is 4.28. The molecule has 2 fully saturated rings. The van der Waals surface area contributed by atoms with E-state index in [1.165, 1.54) is 45.9 Å². The number of hydrogen-bond donors (Lipinski definition) is 0. The highest BCUT2D eigenvalue weighted by molar-refractivity contribution is 5.96. The Bertz CT molecular complexity index is 641. The Morgan fingerprint density at radius 1 is 1.14 bits per heavy atom. The van der Waals surface area contributed by atoms with E-state index in [2.05, 4.69) is 9.88 Å². The number of ether oxygens (including phenoxy) is 3. The van der Waals surface area contributed by atoms with Crippen LogP contribution in [-0.4, -0.2) is 80.3 Å². The van der Waals surface area contributed by atoms with Crippen molar-refractivity contribution in [2.24, 2.45) is 0 Å². The molecule has 0 bridgehead atoms. The Morgan fingerprint density at radius 2 is 1.86 bits per heavy atom. The molecular formula is C22H35N3O4. The Hall–Kier alpha value is -1.86. The lowest BCUT2D eigenvalue weighted by molar-refractivity contribution is 0.0278. The quantitative estimate of drug-likeness (QED) is 0.663. The van der Waals surface area contributed by atoms with E-state index in [0.717, 1.165) is 32.4 Å². The van der Waals surface area contributed by atoms with E-state index in [9.17, 15) is 4.79 Å². The molecule has 1 aromatic rings. The second-order valence-corrected chi connectivity index (χ2v) is 7.86. The zero-order valence-corrected chi connectivity index (χ0v) is 17.9. The van der Waals surface area contributed by atoms with Crippen molar-refractivity contribution in [2.45, 2.75) is 51.0 Å². The number of pyridine rings is 1. The van der Waals surface area contributed by atoms with E-state index in [1.807, 2.05) is 4.90 Å². The van der Waals surface area contributed by atoms with E-state index in [0.29, 0.717) is 30.5 Å². The van der Waals surface area contributed by atoms with E-state index < -0.39 is 0 Å². The van der Waals surface area contributed by atoms with E-state index in [1.54, 1.807) is 19.2 Å². The lowest BCUT2D eigenvalue weighted by Crippen LogP contribution is -2.45. The number of amides is 1. The van der Waals surface area contributed by atoms with Gasteiger partial charge in [-0.25, -0.2) is 0 Å². The highest BCUT2D eigenvalue weighted by Gasteiger charge is 2.29. The number of hydrogen-bond acceptors (Lipinski definition) is 6. The summed E-state index contributed by atoms with van der Waals surface area (Å²) in [4.78, 5) is 22.3. The molecule has 3 heterocycles. The number of carbonyl (C=O) groups is 1. The Morgan fingerprint density at radius 3 is 2.52 bits per heavy atom. The first-order chi connectivity index (χ1) is 14.2. The van der Waals surface area contributed by atoms with Gasteiger partial charge in [-0.15, -0.1) is 0 Å². The van der Waals surface area contributed by atoms with Gasteiger partial charge in [-0.1, -0.05) is 12.8 Å². The summed E-state index contributed by atoms with van der Waals surface area (Å²) in [6.07, 6.45) is 7.99. The van der Waals surface area contributed by atoms with Gasteiger partial charge in [0.25, 0.3) is 5.91 Å². The second kappa shape index (κ2) is 11.4. The third kappa shape index (κ3) is 6.06. The average Bonchev–Trinajstić information content (AvgIpc) is 3.05. The van der Waals surface area contributed by atoms with Crippen LogP contribution in [-0.2, 0) is 4.74 Å². The van der Waals surface area contributed by atoms with Crippen molar-refractivity contribution in [3.05, 3.63) is 17.7 Å². The Balaban J connectivity index is 1.69. The van der Waals surface area contributed by atoms with Gasteiger partial charge in [-0.2, -0.15) is 4.98 Å². The summed E-state index contributed by atoms with van der Waals surface area (Å²) in [5, 5.41) is 0. The number of nitrogens with zero attached hydrogens (tertiary/aromatic N) is 3. The molecule has 162 valence electrons. The summed E-state index contributed by atoms with van der Waals surface area (Å²) in [6, 6.07) is 3.68.